The van der Waals surface area contributed by atoms with E-state index < -0.39 is 23.4 Å². The number of aromatic hydroxyl groups is 1. The second-order valence-electron chi connectivity index (χ2n) is 9.28. The minimum atomic E-state index is -4.40. The van der Waals surface area contributed by atoms with E-state index in [1.54, 1.807) is 18.2 Å². The number of phenolic OH excluding ortho intramolecular Hbond substituents is 1. The van der Waals surface area contributed by atoms with E-state index in [-0.39, 0.29) is 31.1 Å². The van der Waals surface area contributed by atoms with Gasteiger partial charge in [0.2, 0.25) is 11.8 Å². The number of carbonyl (C=O) groups is 1. The molecule has 1 aliphatic rings. The number of amides is 1. The highest BCUT2D eigenvalue weighted by molar-refractivity contribution is 5.77. The summed E-state index contributed by atoms with van der Waals surface area (Å²) in [6, 6.07) is 8.16. The van der Waals surface area contributed by atoms with Gasteiger partial charge in [-0.1, -0.05) is 12.1 Å². The maximum atomic E-state index is 14.0. The third kappa shape index (κ3) is 5.81. The lowest BCUT2D eigenvalue weighted by Crippen LogP contribution is -2.43. The third-order valence-corrected chi connectivity index (χ3v) is 6.83. The first-order valence-corrected chi connectivity index (χ1v) is 11.2. The second-order valence-corrected chi connectivity index (χ2v) is 9.28. The number of pyridine rings is 1. The Hall–Kier alpha value is -2.81. The Morgan fingerprint density at radius 3 is 2.47 bits per heavy atom. The summed E-state index contributed by atoms with van der Waals surface area (Å²) in [5.74, 6) is -0.940. The molecule has 9 heteroatoms. The molecule has 0 radical (unpaired) electrons. The van der Waals surface area contributed by atoms with Gasteiger partial charge in [-0.15, -0.1) is 0 Å². The summed E-state index contributed by atoms with van der Waals surface area (Å²) >= 11 is 0. The molecule has 2 unspecified atom stereocenters. The van der Waals surface area contributed by atoms with Crippen LogP contribution in [-0.4, -0.2) is 60.9 Å². The Balaban J connectivity index is 1.72. The molecule has 0 bridgehead atoms. The van der Waals surface area contributed by atoms with Crippen LogP contribution in [0.1, 0.15) is 41.9 Å². The van der Waals surface area contributed by atoms with Crippen molar-refractivity contribution in [2.24, 2.45) is 5.41 Å². The molecule has 1 heterocycles. The Morgan fingerprint density at radius 2 is 1.97 bits per heavy atom. The van der Waals surface area contributed by atoms with Gasteiger partial charge in [0.05, 0.1) is 12.5 Å². The van der Waals surface area contributed by atoms with Crippen molar-refractivity contribution in [2.45, 2.75) is 50.7 Å². The fourth-order valence-corrected chi connectivity index (χ4v) is 4.40. The first-order valence-electron chi connectivity index (χ1n) is 11.2. The molecule has 1 aliphatic carbocycles. The fraction of sp³-hybridized carbons (Fsp3) is 0.520. The van der Waals surface area contributed by atoms with Crippen LogP contribution in [0.4, 0.5) is 13.2 Å². The molecule has 6 nitrogen and oxygen atoms in total. The number of rotatable bonds is 10. The number of hydrogen-bond acceptors (Lipinski definition) is 5. The molecule has 1 aromatic carbocycles. The number of methoxy groups -OCH3 is 1. The van der Waals surface area contributed by atoms with Crippen molar-refractivity contribution in [1.29, 1.82) is 0 Å². The molecular weight excluding hydrogens is 447 g/mol. The zero-order valence-electron chi connectivity index (χ0n) is 19.9. The van der Waals surface area contributed by atoms with Crippen molar-refractivity contribution in [2.75, 3.05) is 27.7 Å². The summed E-state index contributed by atoms with van der Waals surface area (Å²) < 4.78 is 46.9. The van der Waals surface area contributed by atoms with E-state index in [2.05, 4.69) is 10.3 Å². The number of ether oxygens (including phenoxy) is 1. The highest BCUT2D eigenvalue weighted by atomic mass is 19.4. The molecule has 2 atom stereocenters. The maximum absolute atomic E-state index is 14.0. The minimum Gasteiger partial charge on any atom is -0.508 e. The first kappa shape index (κ1) is 25.8. The maximum Gasteiger partial charge on any atom is 0.395 e. The van der Waals surface area contributed by atoms with Gasteiger partial charge in [0.1, 0.15) is 5.75 Å². The molecule has 1 amide bonds. The Kier molecular flexibility index (Phi) is 7.75. The van der Waals surface area contributed by atoms with Crippen molar-refractivity contribution in [3.8, 4) is 11.6 Å². The van der Waals surface area contributed by atoms with E-state index in [0.29, 0.717) is 24.4 Å². The molecular formula is C25H32F3N3O3. The summed E-state index contributed by atoms with van der Waals surface area (Å²) in [7, 11) is 5.22. The number of carbonyl (C=O) groups excluding carboxylic acids is 1. The number of aryl methyl sites for hydroxylation is 1. The average Bonchev–Trinajstić information content (AvgIpc) is 3.58. The normalized spacial score (nSPS) is 16.7. The zero-order valence-corrected chi connectivity index (χ0v) is 19.9. The van der Waals surface area contributed by atoms with E-state index >= 15 is 0 Å². The van der Waals surface area contributed by atoms with Gasteiger partial charge < -0.3 is 20.1 Å². The molecule has 1 fully saturated rings. The van der Waals surface area contributed by atoms with Crippen LogP contribution in [-0.2, 0) is 11.2 Å². The van der Waals surface area contributed by atoms with E-state index in [9.17, 15) is 23.1 Å². The SMILES string of the molecule is COc1ccc(C(CC(=O)NCC(Cc2ccc(O)cc2C)N(C)C)C2(C(F)(F)F)CC2)cn1. The van der Waals surface area contributed by atoms with Crippen molar-refractivity contribution in [1.82, 2.24) is 15.2 Å². The smallest absolute Gasteiger partial charge is 0.395 e. The standard InChI is InChI=1S/C25H32F3N3O3/c1-16-11-20(32)7-5-17(16)12-19(31(2)3)15-29-22(33)13-21(24(9-10-24)25(26,27)28)18-6-8-23(34-4)30-14-18/h5-8,11,14,19,21,32H,9-10,12-13,15H2,1-4H3,(H,29,33). The van der Waals surface area contributed by atoms with Gasteiger partial charge in [0, 0.05) is 37.2 Å². The van der Waals surface area contributed by atoms with Crippen molar-refractivity contribution in [3.63, 3.8) is 0 Å². The molecule has 2 N–H and O–H groups in total. The van der Waals surface area contributed by atoms with Crippen LogP contribution in [0.5, 0.6) is 11.6 Å². The summed E-state index contributed by atoms with van der Waals surface area (Å²) in [5.41, 5.74) is 0.452. The van der Waals surface area contributed by atoms with Gasteiger partial charge in [0.15, 0.2) is 0 Å². The minimum absolute atomic E-state index is 0.000921. The quantitative estimate of drug-likeness (QED) is 0.534. The number of hydrogen-bond donors (Lipinski definition) is 2. The Labute approximate surface area is 198 Å². The number of phenols is 1. The van der Waals surface area contributed by atoms with Crippen LogP contribution >= 0.6 is 0 Å². The van der Waals surface area contributed by atoms with E-state index in [1.807, 2.05) is 32.0 Å². The first-order chi connectivity index (χ1) is 16.0. The molecule has 186 valence electrons. The third-order valence-electron chi connectivity index (χ3n) is 6.83. The van der Waals surface area contributed by atoms with Gasteiger partial charge >= 0.3 is 6.18 Å². The highest BCUT2D eigenvalue weighted by Gasteiger charge is 2.67. The van der Waals surface area contributed by atoms with Crippen LogP contribution in [0.25, 0.3) is 0 Å². The van der Waals surface area contributed by atoms with Gasteiger partial charge in [0.25, 0.3) is 0 Å². The number of benzene rings is 1. The molecule has 1 aromatic heterocycles. The summed E-state index contributed by atoms with van der Waals surface area (Å²) in [6.45, 7) is 2.19. The molecule has 2 aromatic rings. The lowest BCUT2D eigenvalue weighted by Gasteiger charge is -2.30. The summed E-state index contributed by atoms with van der Waals surface area (Å²) in [5, 5.41) is 12.5. The molecule has 0 saturated heterocycles. The van der Waals surface area contributed by atoms with E-state index in [1.165, 1.54) is 19.4 Å². The molecule has 3 rings (SSSR count). The summed E-state index contributed by atoms with van der Waals surface area (Å²) in [6.07, 6.45) is -2.68. The number of aromatic nitrogens is 1. The average molecular weight is 480 g/mol. The number of nitrogens with zero attached hydrogens (tertiary/aromatic N) is 2. The lowest BCUT2D eigenvalue weighted by atomic mass is 9.80. The number of halogens is 3. The van der Waals surface area contributed by atoms with Crippen molar-refractivity contribution in [3.05, 3.63) is 53.2 Å². The summed E-state index contributed by atoms with van der Waals surface area (Å²) in [4.78, 5) is 18.9. The Morgan fingerprint density at radius 1 is 1.26 bits per heavy atom. The van der Waals surface area contributed by atoms with E-state index in [4.69, 9.17) is 4.74 Å². The predicted molar refractivity (Wildman–Crippen MR) is 123 cm³/mol. The van der Waals surface area contributed by atoms with E-state index in [0.717, 1.165) is 11.1 Å². The topological polar surface area (TPSA) is 74.7 Å². The second kappa shape index (κ2) is 10.2. The van der Waals surface area contributed by atoms with Crippen molar-refractivity contribution < 1.29 is 27.8 Å². The largest absolute Gasteiger partial charge is 0.508 e. The van der Waals surface area contributed by atoms with Crippen LogP contribution in [0.15, 0.2) is 36.5 Å². The number of alkyl halides is 3. The number of likely N-dealkylation sites (N-methyl/N-ethyl adjacent to an activating group) is 1. The lowest BCUT2D eigenvalue weighted by molar-refractivity contribution is -0.194. The molecule has 34 heavy (non-hydrogen) atoms. The predicted octanol–water partition coefficient (Wildman–Crippen LogP) is 4.21. The molecule has 0 aliphatic heterocycles. The van der Waals surface area contributed by atoms with Crippen molar-refractivity contribution >= 4 is 5.91 Å². The number of nitrogens with one attached hydrogen (secondary N) is 1. The highest BCUT2D eigenvalue weighted by Crippen LogP contribution is 2.66. The zero-order chi connectivity index (χ0) is 25.1. The Bertz CT molecular complexity index is 989. The van der Waals surface area contributed by atoms with Gasteiger partial charge in [-0.2, -0.15) is 13.2 Å². The molecule has 1 saturated carbocycles. The van der Waals surface area contributed by atoms with Crippen LogP contribution in [0, 0.1) is 12.3 Å². The van der Waals surface area contributed by atoms with Gasteiger partial charge in [-0.05, 0) is 69.1 Å². The molecule has 0 spiro atoms. The van der Waals surface area contributed by atoms with Gasteiger partial charge in [-0.25, -0.2) is 4.98 Å². The fourth-order valence-electron chi connectivity index (χ4n) is 4.40. The monoisotopic (exact) mass is 479 g/mol. The van der Waals surface area contributed by atoms with Crippen LogP contribution < -0.4 is 10.1 Å². The van der Waals surface area contributed by atoms with Crippen LogP contribution in [0.3, 0.4) is 0 Å². The van der Waals surface area contributed by atoms with Gasteiger partial charge in [-0.3, -0.25) is 4.79 Å². The van der Waals surface area contributed by atoms with Crippen LogP contribution in [0.2, 0.25) is 0 Å².